The average molecular weight is 507 g/mol. The van der Waals surface area contributed by atoms with Crippen molar-refractivity contribution in [1.29, 1.82) is 0 Å². The van der Waals surface area contributed by atoms with Crippen LogP contribution < -0.4 is 10.5 Å². The molecule has 190 valence electrons. The van der Waals surface area contributed by atoms with Crippen molar-refractivity contribution in [1.82, 2.24) is 24.6 Å². The Morgan fingerprint density at radius 2 is 1.84 bits per heavy atom. The lowest BCUT2D eigenvalue weighted by molar-refractivity contribution is -0.137. The molecule has 37 heavy (non-hydrogen) atoms. The van der Waals surface area contributed by atoms with E-state index in [2.05, 4.69) is 21.4 Å². The number of nitrogens with zero attached hydrogens (tertiary/aromatic N) is 5. The van der Waals surface area contributed by atoms with Crippen molar-refractivity contribution >= 4 is 16.9 Å². The molecular weight excluding hydrogens is 481 g/mol. The SMILES string of the molecule is C=CCN1CC2CC1C(n1nc(-c3ccc(Oc4cccc(C(F)(F)F)c4)cc3)c3c(N)ncnc31)C2. The Kier molecular flexibility index (Phi) is 5.63. The highest BCUT2D eigenvalue weighted by Crippen LogP contribution is 2.46. The van der Waals surface area contributed by atoms with E-state index < -0.39 is 11.7 Å². The molecule has 2 fully saturated rings. The van der Waals surface area contributed by atoms with E-state index in [1.807, 2.05) is 22.9 Å². The Morgan fingerprint density at radius 3 is 2.57 bits per heavy atom. The Morgan fingerprint density at radius 1 is 1.05 bits per heavy atom. The molecule has 1 aliphatic heterocycles. The third-order valence-electron chi connectivity index (χ3n) is 7.28. The summed E-state index contributed by atoms with van der Waals surface area (Å²) in [5, 5.41) is 5.67. The molecule has 10 heteroatoms. The smallest absolute Gasteiger partial charge is 0.416 e. The number of piperidine rings is 1. The maximum Gasteiger partial charge on any atom is 0.416 e. The molecule has 0 spiro atoms. The number of rotatable bonds is 6. The van der Waals surface area contributed by atoms with Crippen LogP contribution in [0.4, 0.5) is 19.0 Å². The van der Waals surface area contributed by atoms with Crippen molar-refractivity contribution in [2.24, 2.45) is 5.92 Å². The second kappa shape index (κ2) is 8.88. The van der Waals surface area contributed by atoms with Crippen LogP contribution in [0.15, 0.2) is 67.5 Å². The molecule has 3 heterocycles. The van der Waals surface area contributed by atoms with Crippen LogP contribution in [-0.4, -0.2) is 43.8 Å². The van der Waals surface area contributed by atoms with Gasteiger partial charge in [-0.25, -0.2) is 14.6 Å². The first-order valence-corrected chi connectivity index (χ1v) is 12.1. The zero-order valence-electron chi connectivity index (χ0n) is 19.9. The first-order chi connectivity index (χ1) is 17.8. The summed E-state index contributed by atoms with van der Waals surface area (Å²) in [5.74, 6) is 1.48. The number of halogens is 3. The van der Waals surface area contributed by atoms with Crippen LogP contribution in [0.25, 0.3) is 22.3 Å². The predicted molar refractivity (Wildman–Crippen MR) is 134 cm³/mol. The van der Waals surface area contributed by atoms with Crippen molar-refractivity contribution in [3.05, 3.63) is 73.1 Å². The fraction of sp³-hybridized carbons (Fsp3) is 0.296. The lowest BCUT2D eigenvalue weighted by atomic mass is 10.1. The third kappa shape index (κ3) is 4.21. The second-order valence-electron chi connectivity index (χ2n) is 9.62. The van der Waals surface area contributed by atoms with Gasteiger partial charge in [0.05, 0.1) is 17.0 Å². The predicted octanol–water partition coefficient (Wildman–Crippen LogP) is 5.71. The van der Waals surface area contributed by atoms with E-state index in [-0.39, 0.29) is 11.8 Å². The summed E-state index contributed by atoms with van der Waals surface area (Å²) in [6.07, 6.45) is 1.11. The highest BCUT2D eigenvalue weighted by atomic mass is 19.4. The molecule has 1 saturated carbocycles. The van der Waals surface area contributed by atoms with Gasteiger partial charge in [-0.05, 0) is 61.2 Å². The van der Waals surface area contributed by atoms with Crippen LogP contribution in [0.1, 0.15) is 24.4 Å². The number of hydrogen-bond donors (Lipinski definition) is 1. The largest absolute Gasteiger partial charge is 0.457 e. The summed E-state index contributed by atoms with van der Waals surface area (Å²) in [7, 11) is 0. The van der Waals surface area contributed by atoms with Gasteiger partial charge in [0.1, 0.15) is 29.3 Å². The van der Waals surface area contributed by atoms with E-state index in [0.717, 1.165) is 43.6 Å². The van der Waals surface area contributed by atoms with Crippen molar-refractivity contribution in [2.75, 3.05) is 18.8 Å². The first-order valence-electron chi connectivity index (χ1n) is 12.1. The molecule has 2 aromatic carbocycles. The monoisotopic (exact) mass is 506 g/mol. The number of nitrogens with two attached hydrogens (primary N) is 1. The van der Waals surface area contributed by atoms with Gasteiger partial charge in [-0.2, -0.15) is 18.3 Å². The Labute approximate surface area is 211 Å². The molecule has 3 atom stereocenters. The minimum absolute atomic E-state index is 0.107. The van der Waals surface area contributed by atoms with Gasteiger partial charge in [0, 0.05) is 24.7 Å². The van der Waals surface area contributed by atoms with Crippen molar-refractivity contribution in [3.8, 4) is 22.8 Å². The molecule has 6 rings (SSSR count). The molecule has 4 aromatic rings. The van der Waals surface area contributed by atoms with E-state index in [1.165, 1.54) is 18.5 Å². The zero-order chi connectivity index (χ0) is 25.7. The van der Waals surface area contributed by atoms with E-state index in [4.69, 9.17) is 15.6 Å². The highest BCUT2D eigenvalue weighted by Gasteiger charge is 2.46. The van der Waals surface area contributed by atoms with E-state index in [9.17, 15) is 13.2 Å². The molecule has 0 amide bonds. The Bertz CT molecular complexity index is 1470. The molecule has 2 aliphatic rings. The number of benzene rings is 2. The van der Waals surface area contributed by atoms with Gasteiger partial charge in [-0.1, -0.05) is 12.1 Å². The number of fused-ring (bicyclic) bond motifs is 3. The topological polar surface area (TPSA) is 82.1 Å². The fourth-order valence-corrected chi connectivity index (χ4v) is 5.72. The molecule has 0 radical (unpaired) electrons. The lowest BCUT2D eigenvalue weighted by Gasteiger charge is -2.32. The summed E-state index contributed by atoms with van der Waals surface area (Å²) >= 11 is 0. The highest BCUT2D eigenvalue weighted by molar-refractivity contribution is 5.98. The summed E-state index contributed by atoms with van der Waals surface area (Å²) in [5.41, 5.74) is 7.68. The quantitative estimate of drug-likeness (QED) is 0.338. The number of nitrogen functional groups attached to an aromatic ring is 1. The molecular formula is C27H25F3N6O. The first kappa shape index (κ1) is 23.5. The van der Waals surface area contributed by atoms with Crippen LogP contribution in [0.3, 0.4) is 0 Å². The van der Waals surface area contributed by atoms with Crippen LogP contribution in [0, 0.1) is 5.92 Å². The van der Waals surface area contributed by atoms with Crippen LogP contribution in [0.5, 0.6) is 11.5 Å². The lowest BCUT2D eigenvalue weighted by Crippen LogP contribution is -2.39. The van der Waals surface area contributed by atoms with Gasteiger partial charge < -0.3 is 10.5 Å². The maximum atomic E-state index is 13.0. The third-order valence-corrected chi connectivity index (χ3v) is 7.28. The number of hydrogen-bond acceptors (Lipinski definition) is 6. The molecule has 2 N–H and O–H groups in total. The molecule has 3 unspecified atom stereocenters. The average Bonchev–Trinajstić information content (AvgIpc) is 3.58. The van der Waals surface area contributed by atoms with Gasteiger partial charge in [-0.15, -0.1) is 6.58 Å². The number of ether oxygens (including phenoxy) is 1. The van der Waals surface area contributed by atoms with Crippen molar-refractivity contribution < 1.29 is 17.9 Å². The van der Waals surface area contributed by atoms with Crippen LogP contribution in [0.2, 0.25) is 0 Å². The van der Waals surface area contributed by atoms with Crippen molar-refractivity contribution in [2.45, 2.75) is 31.1 Å². The van der Waals surface area contributed by atoms with E-state index in [0.29, 0.717) is 40.3 Å². The van der Waals surface area contributed by atoms with Crippen LogP contribution in [-0.2, 0) is 6.18 Å². The normalized spacial score (nSPS) is 21.5. The molecule has 1 aliphatic carbocycles. The van der Waals surface area contributed by atoms with Gasteiger partial charge in [-0.3, -0.25) is 4.90 Å². The summed E-state index contributed by atoms with van der Waals surface area (Å²) < 4.78 is 46.8. The maximum absolute atomic E-state index is 13.0. The van der Waals surface area contributed by atoms with Gasteiger partial charge >= 0.3 is 6.18 Å². The minimum Gasteiger partial charge on any atom is -0.457 e. The van der Waals surface area contributed by atoms with Gasteiger partial charge in [0.25, 0.3) is 0 Å². The molecule has 1 saturated heterocycles. The molecule has 2 aromatic heterocycles. The standard InChI is InChI=1S/C27H25F3N6O/c1-2-10-35-14-16-11-21(35)22(12-16)36-26-23(25(31)32-15-33-26)24(34-36)17-6-8-19(9-7-17)37-20-5-3-4-18(13-20)27(28,29)30/h2-9,13,15-16,21-22H,1,10-12,14H2,(H2,31,32,33). The number of anilines is 1. The summed E-state index contributed by atoms with van der Waals surface area (Å²) in [6, 6.07) is 12.3. The zero-order valence-corrected chi connectivity index (χ0v) is 19.9. The molecule has 2 bridgehead atoms. The van der Waals surface area contributed by atoms with Crippen LogP contribution >= 0.6 is 0 Å². The number of alkyl halides is 3. The van der Waals surface area contributed by atoms with E-state index >= 15 is 0 Å². The van der Waals surface area contributed by atoms with Gasteiger partial charge in [0.2, 0.25) is 0 Å². The second-order valence-corrected chi connectivity index (χ2v) is 9.62. The molecule has 7 nitrogen and oxygen atoms in total. The van der Waals surface area contributed by atoms with Gasteiger partial charge in [0.15, 0.2) is 5.65 Å². The Balaban J connectivity index is 1.32. The van der Waals surface area contributed by atoms with Crippen molar-refractivity contribution in [3.63, 3.8) is 0 Å². The number of aromatic nitrogens is 4. The number of likely N-dealkylation sites (tertiary alicyclic amines) is 1. The summed E-state index contributed by atoms with van der Waals surface area (Å²) in [4.78, 5) is 11.2. The summed E-state index contributed by atoms with van der Waals surface area (Å²) in [6.45, 7) is 5.81. The minimum atomic E-state index is -4.44. The van der Waals surface area contributed by atoms with E-state index in [1.54, 1.807) is 12.1 Å². The Hall–Kier alpha value is -3.92. The fourth-order valence-electron chi connectivity index (χ4n) is 5.72.